The summed E-state index contributed by atoms with van der Waals surface area (Å²) in [4.78, 5) is 26.5. The van der Waals surface area contributed by atoms with Crippen molar-refractivity contribution in [1.29, 1.82) is 0 Å². The lowest BCUT2D eigenvalue weighted by Crippen LogP contribution is -2.05. The number of aliphatic imine (C=N–C) groups is 1. The number of carbonyl (C=O) groups is 1. The summed E-state index contributed by atoms with van der Waals surface area (Å²) in [5.74, 6) is -0.458. The summed E-state index contributed by atoms with van der Waals surface area (Å²) in [5.41, 5.74) is 1.05. The Hall–Kier alpha value is -2.51. The highest BCUT2D eigenvalue weighted by Gasteiger charge is 2.24. The van der Waals surface area contributed by atoms with Crippen LogP contribution in [0.2, 0.25) is 5.02 Å². The Morgan fingerprint density at radius 3 is 2.58 bits per heavy atom. The number of nitro groups is 1. The minimum atomic E-state index is -0.620. The van der Waals surface area contributed by atoms with Crippen LogP contribution in [0.4, 0.5) is 5.69 Å². The summed E-state index contributed by atoms with van der Waals surface area (Å²) < 4.78 is 5.49. The predicted molar refractivity (Wildman–Crippen MR) is 92.9 cm³/mol. The zero-order chi connectivity index (χ0) is 17.3. The van der Waals surface area contributed by atoms with Crippen molar-refractivity contribution in [3.63, 3.8) is 0 Å². The van der Waals surface area contributed by atoms with Gasteiger partial charge in [0, 0.05) is 16.7 Å². The average molecular weight is 408 g/mol. The van der Waals surface area contributed by atoms with E-state index in [1.54, 1.807) is 30.3 Å². The summed E-state index contributed by atoms with van der Waals surface area (Å²) in [6.07, 6.45) is 1.44. The van der Waals surface area contributed by atoms with E-state index in [1.807, 2.05) is 0 Å². The molecule has 0 fully saturated rings. The smallest absolute Gasteiger partial charge is 0.363 e. The van der Waals surface area contributed by atoms with Gasteiger partial charge in [0.15, 0.2) is 5.70 Å². The van der Waals surface area contributed by atoms with Crippen molar-refractivity contribution in [2.45, 2.75) is 0 Å². The molecule has 0 spiro atoms. The first-order chi connectivity index (χ1) is 11.4. The first-order valence-corrected chi connectivity index (χ1v) is 7.83. The minimum Gasteiger partial charge on any atom is -0.402 e. The van der Waals surface area contributed by atoms with E-state index in [2.05, 4.69) is 20.9 Å². The lowest BCUT2D eigenvalue weighted by Gasteiger charge is -1.98. The molecule has 24 heavy (non-hydrogen) atoms. The van der Waals surface area contributed by atoms with E-state index in [9.17, 15) is 14.9 Å². The van der Waals surface area contributed by atoms with E-state index in [4.69, 9.17) is 16.3 Å². The fraction of sp³-hybridized carbons (Fsp3) is 0. The van der Waals surface area contributed by atoms with E-state index >= 15 is 0 Å². The summed E-state index contributed by atoms with van der Waals surface area (Å²) >= 11 is 8.93. The van der Waals surface area contributed by atoms with Crippen LogP contribution in [0, 0.1) is 10.1 Å². The minimum absolute atomic E-state index is 0.0663. The highest BCUT2D eigenvalue weighted by Crippen LogP contribution is 2.27. The molecule has 1 aliphatic rings. The lowest BCUT2D eigenvalue weighted by molar-refractivity contribution is -0.385. The van der Waals surface area contributed by atoms with Crippen LogP contribution in [-0.4, -0.2) is 16.8 Å². The van der Waals surface area contributed by atoms with Crippen LogP contribution in [0.1, 0.15) is 11.1 Å². The number of cyclic esters (lactones) is 1. The fourth-order valence-corrected chi connectivity index (χ4v) is 2.56. The zero-order valence-corrected chi connectivity index (χ0v) is 14.2. The maximum absolute atomic E-state index is 11.9. The molecule has 0 saturated heterocycles. The van der Waals surface area contributed by atoms with E-state index in [1.165, 1.54) is 18.2 Å². The molecule has 0 amide bonds. The van der Waals surface area contributed by atoms with Gasteiger partial charge < -0.3 is 4.74 Å². The molecule has 0 aliphatic carbocycles. The summed E-state index contributed by atoms with van der Waals surface area (Å²) in [6, 6.07) is 11.2. The number of carbonyl (C=O) groups excluding carboxylic acids is 1. The Morgan fingerprint density at radius 2 is 1.92 bits per heavy atom. The number of rotatable bonds is 3. The van der Waals surface area contributed by atoms with Crippen LogP contribution in [0.25, 0.3) is 6.08 Å². The van der Waals surface area contributed by atoms with Crippen molar-refractivity contribution < 1.29 is 14.5 Å². The molecule has 1 aliphatic heterocycles. The van der Waals surface area contributed by atoms with Gasteiger partial charge in [-0.3, -0.25) is 10.1 Å². The molecule has 3 rings (SSSR count). The second-order valence-electron chi connectivity index (χ2n) is 4.81. The molecule has 120 valence electrons. The van der Waals surface area contributed by atoms with Gasteiger partial charge >= 0.3 is 5.97 Å². The number of halogens is 2. The van der Waals surface area contributed by atoms with Gasteiger partial charge in [-0.1, -0.05) is 17.7 Å². The van der Waals surface area contributed by atoms with Gasteiger partial charge in [-0.15, -0.1) is 0 Å². The van der Waals surface area contributed by atoms with Gasteiger partial charge in [0.05, 0.1) is 9.40 Å². The van der Waals surface area contributed by atoms with Gasteiger partial charge in [0.25, 0.3) is 5.69 Å². The number of benzene rings is 2. The van der Waals surface area contributed by atoms with Gasteiger partial charge in [0.1, 0.15) is 0 Å². The molecule has 0 saturated carbocycles. The Bertz CT molecular complexity index is 907. The monoisotopic (exact) mass is 406 g/mol. The Balaban J connectivity index is 1.95. The normalized spacial score (nSPS) is 15.3. The zero-order valence-electron chi connectivity index (χ0n) is 11.9. The molecule has 0 aromatic heterocycles. The van der Waals surface area contributed by atoms with Crippen molar-refractivity contribution in [3.8, 4) is 0 Å². The Labute approximate surface area is 149 Å². The highest BCUT2D eigenvalue weighted by molar-refractivity contribution is 9.10. The summed E-state index contributed by atoms with van der Waals surface area (Å²) in [7, 11) is 0. The summed E-state index contributed by atoms with van der Waals surface area (Å²) in [6.45, 7) is 0. The molecular weight excluding hydrogens is 400 g/mol. The van der Waals surface area contributed by atoms with Crippen molar-refractivity contribution in [2.75, 3.05) is 0 Å². The van der Waals surface area contributed by atoms with Crippen LogP contribution in [0.3, 0.4) is 0 Å². The van der Waals surface area contributed by atoms with Gasteiger partial charge in [0.2, 0.25) is 5.90 Å². The average Bonchev–Trinajstić information content (AvgIpc) is 2.90. The van der Waals surface area contributed by atoms with E-state index in [0.717, 1.165) is 0 Å². The molecule has 1 heterocycles. The standard InChI is InChI=1S/C16H8BrClN2O4/c17-12-6-1-9(8-14(12)20(22)23)7-13-16(21)24-15(19-13)10-2-4-11(18)5-3-10/h1-8H/b13-7-. The molecule has 2 aromatic carbocycles. The first kappa shape index (κ1) is 16.4. The predicted octanol–water partition coefficient (Wildman–Crippen LogP) is 4.36. The quantitative estimate of drug-likeness (QED) is 0.328. The Morgan fingerprint density at radius 1 is 1.21 bits per heavy atom. The second kappa shape index (κ2) is 6.54. The number of nitro benzene ring substituents is 1. The molecule has 8 heteroatoms. The van der Waals surface area contributed by atoms with E-state index in [0.29, 0.717) is 20.6 Å². The van der Waals surface area contributed by atoms with Crippen LogP contribution in [0.15, 0.2) is 57.6 Å². The molecule has 0 unspecified atom stereocenters. The molecular formula is C16H8BrClN2O4. The largest absolute Gasteiger partial charge is 0.402 e. The second-order valence-corrected chi connectivity index (χ2v) is 6.10. The molecule has 0 N–H and O–H groups in total. The number of esters is 1. The van der Waals surface area contributed by atoms with Gasteiger partial charge in [-0.05, 0) is 57.9 Å². The third-order valence-corrected chi connectivity index (χ3v) is 4.10. The first-order valence-electron chi connectivity index (χ1n) is 6.66. The topological polar surface area (TPSA) is 81.8 Å². The van der Waals surface area contributed by atoms with Crippen molar-refractivity contribution in [2.24, 2.45) is 4.99 Å². The molecule has 2 aromatic rings. The van der Waals surface area contributed by atoms with Crippen molar-refractivity contribution >= 4 is 51.2 Å². The van der Waals surface area contributed by atoms with Crippen LogP contribution in [0.5, 0.6) is 0 Å². The molecule has 6 nitrogen and oxygen atoms in total. The van der Waals surface area contributed by atoms with E-state index < -0.39 is 10.9 Å². The number of nitrogens with zero attached hydrogens (tertiary/aromatic N) is 2. The third-order valence-electron chi connectivity index (χ3n) is 3.18. The Kier molecular flexibility index (Phi) is 4.46. The number of hydrogen-bond donors (Lipinski definition) is 0. The fourth-order valence-electron chi connectivity index (χ4n) is 2.04. The molecule has 0 bridgehead atoms. The van der Waals surface area contributed by atoms with Crippen LogP contribution < -0.4 is 0 Å². The lowest BCUT2D eigenvalue weighted by atomic mass is 10.1. The third kappa shape index (κ3) is 3.37. The maximum Gasteiger partial charge on any atom is 0.363 e. The van der Waals surface area contributed by atoms with Gasteiger partial charge in [-0.25, -0.2) is 9.79 Å². The van der Waals surface area contributed by atoms with Crippen LogP contribution >= 0.6 is 27.5 Å². The van der Waals surface area contributed by atoms with Gasteiger partial charge in [-0.2, -0.15) is 0 Å². The van der Waals surface area contributed by atoms with Crippen molar-refractivity contribution in [3.05, 3.63) is 78.9 Å². The van der Waals surface area contributed by atoms with Crippen LogP contribution in [-0.2, 0) is 9.53 Å². The maximum atomic E-state index is 11.9. The summed E-state index contributed by atoms with van der Waals surface area (Å²) in [5, 5.41) is 11.5. The molecule has 0 atom stereocenters. The van der Waals surface area contributed by atoms with Crippen molar-refractivity contribution in [1.82, 2.24) is 0 Å². The number of ether oxygens (including phenoxy) is 1. The van der Waals surface area contributed by atoms with E-state index in [-0.39, 0.29) is 17.3 Å². The SMILES string of the molecule is O=C1OC(c2ccc(Cl)cc2)=N/C1=C\c1ccc(Br)c([N+](=O)[O-])c1. The number of hydrogen-bond acceptors (Lipinski definition) is 5. The molecule has 0 radical (unpaired) electrons. The highest BCUT2D eigenvalue weighted by atomic mass is 79.9.